The minimum Gasteiger partial charge on any atom is -0.444 e. The van der Waals surface area contributed by atoms with Gasteiger partial charge in [0.15, 0.2) is 5.78 Å². The Labute approximate surface area is 206 Å². The second kappa shape index (κ2) is 9.02. The fourth-order valence-electron chi connectivity index (χ4n) is 4.54. The van der Waals surface area contributed by atoms with Crippen LogP contribution in [-0.2, 0) is 16.1 Å². The molecule has 2 aromatic carbocycles. The number of rotatable bonds is 4. The summed E-state index contributed by atoms with van der Waals surface area (Å²) in [6, 6.07) is 17.2. The second-order valence-electron chi connectivity index (χ2n) is 8.27. The first-order valence-corrected chi connectivity index (χ1v) is 11.6. The number of allylic oxidation sites excluding steroid dienone is 3. The van der Waals surface area contributed by atoms with Crippen LogP contribution < -0.4 is 5.73 Å². The van der Waals surface area contributed by atoms with Crippen molar-refractivity contribution >= 4 is 29.0 Å². The van der Waals surface area contributed by atoms with E-state index in [4.69, 9.17) is 38.8 Å². The van der Waals surface area contributed by atoms with Gasteiger partial charge in [-0.1, -0.05) is 59.6 Å². The van der Waals surface area contributed by atoms with Crippen molar-refractivity contribution in [3.05, 3.63) is 98.7 Å². The van der Waals surface area contributed by atoms with Crippen LogP contribution in [-0.4, -0.2) is 15.6 Å². The summed E-state index contributed by atoms with van der Waals surface area (Å²) >= 11 is 12.5. The number of nitrogens with zero attached hydrogens (tertiary/aromatic N) is 3. The fourth-order valence-corrected chi connectivity index (χ4v) is 5.01. The number of ketones is 1. The number of nitriles is 1. The number of Topliss-reactive ketones (excluding diaryl/α,β-unsaturated/α-hetero) is 1. The number of carbonyl (C=O) groups excluding carboxylic acids is 1. The van der Waals surface area contributed by atoms with Gasteiger partial charge in [-0.2, -0.15) is 10.4 Å². The molecular formula is C26H20Cl2N4O2. The molecule has 2 N–H and O–H groups in total. The van der Waals surface area contributed by atoms with Crippen LogP contribution in [0.25, 0.3) is 11.3 Å². The lowest BCUT2D eigenvalue weighted by Gasteiger charge is -2.30. The van der Waals surface area contributed by atoms with E-state index in [2.05, 4.69) is 6.07 Å². The first-order valence-electron chi connectivity index (χ1n) is 10.9. The molecule has 8 heteroatoms. The van der Waals surface area contributed by atoms with E-state index in [1.165, 1.54) is 0 Å². The molecule has 170 valence electrons. The largest absolute Gasteiger partial charge is 0.444 e. The maximum atomic E-state index is 13.0. The van der Waals surface area contributed by atoms with Crippen molar-refractivity contribution in [1.29, 1.82) is 5.26 Å². The van der Waals surface area contributed by atoms with Gasteiger partial charge in [0.25, 0.3) is 0 Å². The predicted molar refractivity (Wildman–Crippen MR) is 130 cm³/mol. The Hall–Kier alpha value is -3.53. The van der Waals surface area contributed by atoms with Gasteiger partial charge in [-0.05, 0) is 24.1 Å². The van der Waals surface area contributed by atoms with Gasteiger partial charge in [-0.3, -0.25) is 9.48 Å². The lowest BCUT2D eigenvalue weighted by molar-refractivity contribution is -0.116. The van der Waals surface area contributed by atoms with Crippen molar-refractivity contribution < 1.29 is 9.53 Å². The van der Waals surface area contributed by atoms with Crippen LogP contribution in [0.4, 0.5) is 0 Å². The zero-order valence-corrected chi connectivity index (χ0v) is 19.6. The van der Waals surface area contributed by atoms with Crippen molar-refractivity contribution in [2.24, 2.45) is 5.73 Å². The Morgan fingerprint density at radius 1 is 1.18 bits per heavy atom. The van der Waals surface area contributed by atoms with Gasteiger partial charge < -0.3 is 10.5 Å². The van der Waals surface area contributed by atoms with E-state index in [1.54, 1.807) is 16.8 Å². The zero-order chi connectivity index (χ0) is 23.8. The average molecular weight is 491 g/mol. The highest BCUT2D eigenvalue weighted by Gasteiger charge is 2.40. The monoisotopic (exact) mass is 490 g/mol. The molecular weight excluding hydrogens is 471 g/mol. The number of hydrogen-bond donors (Lipinski definition) is 1. The fraction of sp³-hybridized carbons (Fsp3) is 0.192. The van der Waals surface area contributed by atoms with Crippen LogP contribution in [0.5, 0.6) is 0 Å². The van der Waals surface area contributed by atoms with E-state index in [1.807, 2.05) is 42.6 Å². The number of aromatic nitrogens is 2. The molecule has 0 spiro atoms. The van der Waals surface area contributed by atoms with E-state index in [0.717, 1.165) is 16.7 Å². The molecule has 1 aromatic heterocycles. The maximum Gasteiger partial charge on any atom is 0.205 e. The van der Waals surface area contributed by atoms with Crippen molar-refractivity contribution in [1.82, 2.24) is 9.78 Å². The smallest absolute Gasteiger partial charge is 0.205 e. The normalized spacial score (nSPS) is 17.9. The zero-order valence-electron chi connectivity index (χ0n) is 18.1. The minimum absolute atomic E-state index is 0.0287. The molecule has 5 rings (SSSR count). The maximum absolute atomic E-state index is 13.0. The van der Waals surface area contributed by atoms with E-state index in [0.29, 0.717) is 52.9 Å². The van der Waals surface area contributed by atoms with E-state index >= 15 is 0 Å². The Morgan fingerprint density at radius 2 is 1.97 bits per heavy atom. The third-order valence-corrected chi connectivity index (χ3v) is 6.69. The molecule has 1 aliphatic heterocycles. The molecule has 1 atom stereocenters. The van der Waals surface area contributed by atoms with Crippen molar-refractivity contribution in [3.63, 3.8) is 0 Å². The topological polar surface area (TPSA) is 93.9 Å². The standard InChI is InChI=1S/C26H20Cl2N4O2/c27-17-10-9-16(20(28)11-17)13-32-14-19(25(31-32)15-5-2-1-3-6-15)23-18(12-29)26(30)34-22-8-4-7-21(33)24(22)23/h1-3,5-6,9-11,14,23H,4,7-8,13,30H2/t23-/m0/s1. The Bertz CT molecular complexity index is 1400. The predicted octanol–water partition coefficient (Wildman–Crippen LogP) is 5.72. The van der Waals surface area contributed by atoms with Gasteiger partial charge >= 0.3 is 0 Å². The molecule has 0 bridgehead atoms. The highest BCUT2D eigenvalue weighted by Crippen LogP contribution is 2.45. The average Bonchev–Trinajstić information content (AvgIpc) is 3.24. The van der Waals surface area contributed by atoms with Crippen LogP contribution >= 0.6 is 23.2 Å². The molecule has 6 nitrogen and oxygen atoms in total. The van der Waals surface area contributed by atoms with Crippen molar-refractivity contribution in [2.45, 2.75) is 31.7 Å². The molecule has 0 fully saturated rings. The quantitative estimate of drug-likeness (QED) is 0.504. The number of carbonyl (C=O) groups is 1. The van der Waals surface area contributed by atoms with Crippen LogP contribution in [0.2, 0.25) is 10.0 Å². The summed E-state index contributed by atoms with van der Waals surface area (Å²) in [6.45, 7) is 0.389. The molecule has 1 aliphatic carbocycles. The number of benzene rings is 2. The molecule has 2 heterocycles. The third kappa shape index (κ3) is 3.98. The van der Waals surface area contributed by atoms with Crippen molar-refractivity contribution in [3.8, 4) is 17.3 Å². The molecule has 0 radical (unpaired) electrons. The van der Waals surface area contributed by atoms with E-state index < -0.39 is 5.92 Å². The van der Waals surface area contributed by atoms with Crippen LogP contribution in [0.1, 0.15) is 36.3 Å². The van der Waals surface area contributed by atoms with Crippen molar-refractivity contribution in [2.75, 3.05) is 0 Å². The summed E-state index contributed by atoms with van der Waals surface area (Å²) in [7, 11) is 0. The number of hydrogen-bond acceptors (Lipinski definition) is 5. The third-order valence-electron chi connectivity index (χ3n) is 6.10. The van der Waals surface area contributed by atoms with Gasteiger partial charge in [0.05, 0.1) is 18.2 Å². The number of halogens is 2. The SMILES string of the molecule is N#CC1=C(N)OC2=C(C(=O)CCC2)[C@@H]1c1cn(Cc2ccc(Cl)cc2Cl)nc1-c1ccccc1. The van der Waals surface area contributed by atoms with Gasteiger partial charge in [0.2, 0.25) is 5.88 Å². The lowest BCUT2D eigenvalue weighted by atomic mass is 9.77. The Balaban J connectivity index is 1.69. The second-order valence-corrected chi connectivity index (χ2v) is 9.11. The summed E-state index contributed by atoms with van der Waals surface area (Å²) in [5.41, 5.74) is 9.98. The summed E-state index contributed by atoms with van der Waals surface area (Å²) in [5.74, 6) is -0.0936. The van der Waals surface area contributed by atoms with E-state index in [-0.39, 0.29) is 17.2 Å². The summed E-state index contributed by atoms with van der Waals surface area (Å²) in [6.07, 6.45) is 3.57. The number of nitrogens with two attached hydrogens (primary N) is 1. The summed E-state index contributed by atoms with van der Waals surface area (Å²) < 4.78 is 7.49. The molecule has 3 aromatic rings. The highest BCUT2D eigenvalue weighted by molar-refractivity contribution is 6.35. The first-order chi connectivity index (χ1) is 16.5. The Kier molecular flexibility index (Phi) is 5.91. The van der Waals surface area contributed by atoms with Gasteiger partial charge in [0.1, 0.15) is 17.4 Å². The Morgan fingerprint density at radius 3 is 2.71 bits per heavy atom. The van der Waals surface area contributed by atoms with Crippen LogP contribution in [0.15, 0.2) is 77.5 Å². The molecule has 0 saturated heterocycles. The molecule has 0 amide bonds. The van der Waals surface area contributed by atoms with Gasteiger partial charge in [-0.15, -0.1) is 0 Å². The van der Waals surface area contributed by atoms with E-state index in [9.17, 15) is 10.1 Å². The summed E-state index contributed by atoms with van der Waals surface area (Å²) in [4.78, 5) is 13.0. The summed E-state index contributed by atoms with van der Waals surface area (Å²) in [5, 5.41) is 15.9. The number of ether oxygens (including phenoxy) is 1. The minimum atomic E-state index is -0.647. The van der Waals surface area contributed by atoms with Gasteiger partial charge in [-0.25, -0.2) is 0 Å². The first kappa shape index (κ1) is 22.3. The van der Waals surface area contributed by atoms with Gasteiger partial charge in [0, 0.05) is 45.8 Å². The molecule has 0 unspecified atom stereocenters. The van der Waals surface area contributed by atoms with Crippen LogP contribution in [0.3, 0.4) is 0 Å². The molecule has 34 heavy (non-hydrogen) atoms. The van der Waals surface area contributed by atoms with Crippen LogP contribution in [0, 0.1) is 11.3 Å². The molecule has 0 saturated carbocycles. The highest BCUT2D eigenvalue weighted by atomic mass is 35.5. The lowest BCUT2D eigenvalue weighted by Crippen LogP contribution is -2.27. The molecule has 2 aliphatic rings.